The Morgan fingerprint density at radius 2 is 1.51 bits per heavy atom. The molecule has 432 valence electrons. The van der Waals surface area contributed by atoms with Gasteiger partial charge >= 0.3 is 0 Å². The van der Waals surface area contributed by atoms with Crippen molar-refractivity contribution in [1.82, 2.24) is 26.2 Å². The van der Waals surface area contributed by atoms with Crippen LogP contribution in [0.5, 0.6) is 5.75 Å². The standard InChI is InChI=1S/C56H89N8O13/c1-7-32(3)27-33(4)17-13-11-9-10-12-14-21-47(70)61-42(19-16-26-60-53(74)40-28-37(18-15-20-44(40)67)50(71)34(5)45(68)30-46(59)69)54(75)63-49(41(58)8-2)56(77)64-31-38(57)29-43(64)55(76)62-48(35(6)65)52(73)51(72)36-22-24-39(66)25-23-36/h22-25,28,32-34,38,40-45,48-49,51-52,66-68,72-73H,2,7,9-21,26-27,29-31,57-58H2,1,3-6H3,(H2,59,69)(H,60,74)(H,61,70)(H,62,76)(H,63,75)/q-1. The van der Waals surface area contributed by atoms with Gasteiger partial charge in [-0.1, -0.05) is 96.9 Å². The van der Waals surface area contributed by atoms with Crippen LogP contribution in [0.2, 0.25) is 0 Å². The van der Waals surface area contributed by atoms with Crippen LogP contribution in [0.1, 0.15) is 155 Å². The van der Waals surface area contributed by atoms with Crippen molar-refractivity contribution < 1.29 is 63.9 Å². The van der Waals surface area contributed by atoms with E-state index in [1.54, 1.807) is 0 Å². The van der Waals surface area contributed by atoms with Crippen molar-refractivity contribution in [3.63, 3.8) is 0 Å². The van der Waals surface area contributed by atoms with E-state index in [0.717, 1.165) is 43.9 Å². The van der Waals surface area contributed by atoms with Crippen LogP contribution in [0.4, 0.5) is 0 Å². The van der Waals surface area contributed by atoms with Crippen LogP contribution in [0.15, 0.2) is 42.5 Å². The fourth-order valence-electron chi connectivity index (χ4n) is 9.97. The van der Waals surface area contributed by atoms with Gasteiger partial charge in [0.25, 0.3) is 0 Å². The number of rotatable bonds is 34. The fraction of sp³-hybridized carbons (Fsp3) is 0.679. The molecule has 0 saturated carbocycles. The van der Waals surface area contributed by atoms with Gasteiger partial charge in [0.05, 0.1) is 30.6 Å². The summed E-state index contributed by atoms with van der Waals surface area (Å²) in [4.78, 5) is 108. The zero-order valence-corrected chi connectivity index (χ0v) is 45.8. The summed E-state index contributed by atoms with van der Waals surface area (Å²) in [7, 11) is 0. The minimum absolute atomic E-state index is 0.0460. The minimum atomic E-state index is -1.85. The number of carbonyl (C=O) groups is 8. The van der Waals surface area contributed by atoms with Gasteiger partial charge in [-0.25, -0.2) is 0 Å². The third kappa shape index (κ3) is 21.3. The number of primary amides is 1. The van der Waals surface area contributed by atoms with E-state index in [2.05, 4.69) is 54.7 Å². The molecule has 1 fully saturated rings. The maximum atomic E-state index is 14.5. The van der Waals surface area contributed by atoms with Gasteiger partial charge in [0, 0.05) is 31.5 Å². The summed E-state index contributed by atoms with van der Waals surface area (Å²) in [5.41, 5.74) is 18.2. The van der Waals surface area contributed by atoms with E-state index in [4.69, 9.17) is 17.2 Å². The number of hydrogen-bond donors (Lipinski definition) is 12. The number of phenols is 1. The second-order valence-electron chi connectivity index (χ2n) is 21.5. The Kier molecular flexibility index (Phi) is 28.2. The van der Waals surface area contributed by atoms with Crippen molar-refractivity contribution in [1.29, 1.82) is 0 Å². The smallest absolute Gasteiger partial charge is 0.244 e. The Hall–Kier alpha value is -5.58. The molecule has 3 rings (SSSR count). The number of phenolic OH excluding ortho intramolecular Hbond substituents is 1. The van der Waals surface area contributed by atoms with Gasteiger partial charge in [-0.05, 0) is 93.4 Å². The van der Waals surface area contributed by atoms with Crippen LogP contribution in [0.3, 0.4) is 0 Å². The molecule has 21 nitrogen and oxygen atoms in total. The van der Waals surface area contributed by atoms with Gasteiger partial charge in [0.1, 0.15) is 36.1 Å². The first kappa shape index (κ1) is 65.7. The minimum Gasteiger partial charge on any atom is -0.508 e. The molecule has 1 aliphatic carbocycles. The lowest BCUT2D eigenvalue weighted by Gasteiger charge is -2.35. The van der Waals surface area contributed by atoms with Crippen LogP contribution >= 0.6 is 0 Å². The van der Waals surface area contributed by atoms with Gasteiger partial charge in [-0.3, -0.25) is 44.9 Å². The molecule has 1 saturated heterocycles. The molecule has 14 unspecified atom stereocenters. The number of benzene rings is 1. The Morgan fingerprint density at radius 1 is 0.857 bits per heavy atom. The molecule has 6 amide bonds. The number of aliphatic hydroxyl groups is 4. The number of unbranched alkanes of at least 4 members (excludes halogenated alkanes) is 5. The molecule has 21 heteroatoms. The normalized spacial score (nSPS) is 21.5. The molecule has 1 aromatic rings. The third-order valence-corrected chi connectivity index (χ3v) is 14.9. The van der Waals surface area contributed by atoms with E-state index in [1.807, 2.05) is 0 Å². The summed E-state index contributed by atoms with van der Waals surface area (Å²) in [6.45, 7) is 12.7. The Labute approximate surface area is 454 Å². The van der Waals surface area contributed by atoms with Crippen molar-refractivity contribution >= 4 is 47.0 Å². The number of allylic oxidation sites excluding steroid dienone is 1. The number of Topliss-reactive ketones (excluding diaryl/α,β-unsaturated/α-hetero) is 2. The average molecular weight is 1080 g/mol. The zero-order chi connectivity index (χ0) is 57.5. The Morgan fingerprint density at radius 3 is 2.13 bits per heavy atom. The van der Waals surface area contributed by atoms with E-state index < -0.39 is 126 Å². The largest absolute Gasteiger partial charge is 0.508 e. The molecular weight excluding hydrogens is 993 g/mol. The summed E-state index contributed by atoms with van der Waals surface area (Å²) in [6.07, 6.45) is 7.42. The van der Waals surface area contributed by atoms with Gasteiger partial charge in [-0.15, -0.1) is 0 Å². The van der Waals surface area contributed by atoms with E-state index in [0.29, 0.717) is 24.7 Å². The second-order valence-corrected chi connectivity index (χ2v) is 21.5. The predicted molar refractivity (Wildman–Crippen MR) is 288 cm³/mol. The quantitative estimate of drug-likeness (QED) is 0.0345. The molecule has 1 heterocycles. The van der Waals surface area contributed by atoms with Crippen LogP contribution in [-0.2, 0) is 38.4 Å². The number of ketones is 2. The number of likely N-dealkylation sites (tertiary alicyclic amines) is 1. The highest BCUT2D eigenvalue weighted by molar-refractivity contribution is 5.99. The van der Waals surface area contributed by atoms with Crippen LogP contribution in [0, 0.1) is 29.7 Å². The molecule has 1 aliphatic heterocycles. The number of nitrogens with zero attached hydrogens (tertiary/aromatic N) is 1. The summed E-state index contributed by atoms with van der Waals surface area (Å²) >= 11 is 0. The number of carbonyl (C=O) groups excluding carboxylic acids is 8. The lowest BCUT2D eigenvalue weighted by molar-refractivity contribution is -0.143. The topological polar surface area (TPSA) is 367 Å². The highest BCUT2D eigenvalue weighted by atomic mass is 16.3. The highest BCUT2D eigenvalue weighted by Gasteiger charge is 2.43. The fourth-order valence-corrected chi connectivity index (χ4v) is 9.97. The monoisotopic (exact) mass is 1080 g/mol. The van der Waals surface area contributed by atoms with E-state index in [-0.39, 0.29) is 68.5 Å². The second kappa shape index (κ2) is 33.0. The lowest BCUT2D eigenvalue weighted by atomic mass is 9.89. The summed E-state index contributed by atoms with van der Waals surface area (Å²) in [5, 5.41) is 63.6. The number of nitrogens with two attached hydrogens (primary N) is 3. The first-order chi connectivity index (χ1) is 36.4. The van der Waals surface area contributed by atoms with E-state index in [1.165, 1.54) is 56.5 Å². The molecule has 0 spiro atoms. The number of aliphatic hydroxyl groups excluding tert-OH is 4. The van der Waals surface area contributed by atoms with Gasteiger partial charge < -0.3 is 75.0 Å². The number of amides is 6. The molecule has 1 aromatic carbocycles. The molecule has 2 aliphatic rings. The van der Waals surface area contributed by atoms with E-state index >= 15 is 0 Å². The molecule has 0 aromatic heterocycles. The summed E-state index contributed by atoms with van der Waals surface area (Å²) in [5.74, 6) is -6.49. The molecule has 15 N–H and O–H groups in total. The van der Waals surface area contributed by atoms with Gasteiger partial charge in [0.15, 0.2) is 11.6 Å². The zero-order valence-electron chi connectivity index (χ0n) is 45.8. The molecule has 77 heavy (non-hydrogen) atoms. The molecule has 0 radical (unpaired) electrons. The Bertz CT molecular complexity index is 2160. The summed E-state index contributed by atoms with van der Waals surface area (Å²) in [6, 6.07) is -2.77. The van der Waals surface area contributed by atoms with Crippen molar-refractivity contribution in [3.05, 3.63) is 54.1 Å². The summed E-state index contributed by atoms with van der Waals surface area (Å²) < 4.78 is 0. The lowest BCUT2D eigenvalue weighted by Crippen LogP contribution is -2.62. The van der Waals surface area contributed by atoms with Gasteiger partial charge in [-0.2, -0.15) is 0 Å². The van der Waals surface area contributed by atoms with E-state index in [9.17, 15) is 63.9 Å². The van der Waals surface area contributed by atoms with Crippen molar-refractivity contribution in [2.24, 2.45) is 40.9 Å². The van der Waals surface area contributed by atoms with Crippen molar-refractivity contribution in [2.45, 2.75) is 204 Å². The SMILES string of the molecule is C=[C-]C(N)C(NC(=O)C(CCCNC(=O)C1C=C(C(=O)C(C)C(O)CC(N)=O)CCCC1O)NC(=O)CCCCCCCCC(C)CC(C)CC)C(=O)N1CC(N)CC1C(=O)NC(C(C)=O)C(O)C(O)c1ccc(O)cc1. The van der Waals surface area contributed by atoms with Crippen molar-refractivity contribution in [3.8, 4) is 5.75 Å². The van der Waals surface area contributed by atoms with Crippen molar-refractivity contribution in [2.75, 3.05) is 13.1 Å². The maximum Gasteiger partial charge on any atom is 0.244 e. The average Bonchev–Trinajstić information content (AvgIpc) is 3.68. The first-order valence-electron chi connectivity index (χ1n) is 27.5. The molecule has 0 bridgehead atoms. The maximum absolute atomic E-state index is 14.5. The first-order valence-corrected chi connectivity index (χ1v) is 27.5. The predicted octanol–water partition coefficient (Wildman–Crippen LogP) is 1.69. The molecular formula is C56H89N8O13-. The van der Waals surface area contributed by atoms with Crippen LogP contribution < -0.4 is 38.5 Å². The van der Waals surface area contributed by atoms with Crippen LogP contribution in [-0.4, -0.2) is 145 Å². The number of hydrogen-bond acceptors (Lipinski definition) is 15. The number of nitrogens with one attached hydrogen (secondary N) is 4. The van der Waals surface area contributed by atoms with Crippen LogP contribution in [0.25, 0.3) is 0 Å². The molecule has 14 atom stereocenters. The number of aromatic hydroxyl groups is 1. The highest BCUT2D eigenvalue weighted by Crippen LogP contribution is 2.28. The Balaban J connectivity index is 1.77. The third-order valence-electron chi connectivity index (χ3n) is 14.9. The van der Waals surface area contributed by atoms with Gasteiger partial charge in [0.2, 0.25) is 35.4 Å².